The number of H-pyrrole nitrogens is 1. The molecule has 0 radical (unpaired) electrons. The van der Waals surface area contributed by atoms with Gasteiger partial charge >= 0.3 is 0 Å². The molecular weight excluding hydrogens is 410 g/mol. The van der Waals surface area contributed by atoms with E-state index < -0.39 is 0 Å². The van der Waals surface area contributed by atoms with Gasteiger partial charge in [0, 0.05) is 46.8 Å². The SMILES string of the molecule is O=C(c1n[nH]c2c1CCCC2)N1CCn2c(nnc2-c2cncc(Br)c2)C1. The van der Waals surface area contributed by atoms with E-state index in [0.29, 0.717) is 25.3 Å². The highest BCUT2D eigenvalue weighted by Crippen LogP contribution is 2.26. The average Bonchev–Trinajstić information content (AvgIpc) is 3.31. The van der Waals surface area contributed by atoms with Crippen LogP contribution in [0.15, 0.2) is 22.9 Å². The number of aromatic nitrogens is 6. The Labute approximate surface area is 164 Å². The van der Waals surface area contributed by atoms with E-state index in [4.69, 9.17) is 0 Å². The first-order valence-electron chi connectivity index (χ1n) is 9.09. The van der Waals surface area contributed by atoms with E-state index in [1.165, 1.54) is 0 Å². The van der Waals surface area contributed by atoms with E-state index in [-0.39, 0.29) is 5.91 Å². The van der Waals surface area contributed by atoms with E-state index in [9.17, 15) is 4.79 Å². The summed E-state index contributed by atoms with van der Waals surface area (Å²) in [6.07, 6.45) is 7.69. The van der Waals surface area contributed by atoms with Gasteiger partial charge in [0.15, 0.2) is 17.3 Å². The van der Waals surface area contributed by atoms with Gasteiger partial charge in [-0.1, -0.05) is 0 Å². The molecule has 0 aromatic carbocycles. The fraction of sp³-hybridized carbons (Fsp3) is 0.389. The van der Waals surface area contributed by atoms with Gasteiger partial charge in [0.2, 0.25) is 0 Å². The number of aryl methyl sites for hydroxylation is 1. The molecule has 4 heterocycles. The lowest BCUT2D eigenvalue weighted by Gasteiger charge is -2.27. The number of rotatable bonds is 2. The van der Waals surface area contributed by atoms with Gasteiger partial charge in [0.1, 0.15) is 0 Å². The van der Waals surface area contributed by atoms with Crippen LogP contribution in [-0.4, -0.2) is 47.3 Å². The number of hydrogen-bond acceptors (Lipinski definition) is 5. The molecule has 0 atom stereocenters. The van der Waals surface area contributed by atoms with E-state index in [2.05, 4.69) is 45.9 Å². The van der Waals surface area contributed by atoms with Gasteiger partial charge in [-0.25, -0.2) is 0 Å². The zero-order chi connectivity index (χ0) is 18.4. The van der Waals surface area contributed by atoms with Crippen LogP contribution >= 0.6 is 15.9 Å². The molecule has 0 bridgehead atoms. The van der Waals surface area contributed by atoms with Gasteiger partial charge in [0.05, 0.1) is 6.54 Å². The molecule has 2 aliphatic rings. The van der Waals surface area contributed by atoms with E-state index in [1.54, 1.807) is 12.4 Å². The Bertz CT molecular complexity index is 1020. The Morgan fingerprint density at radius 2 is 2.04 bits per heavy atom. The van der Waals surface area contributed by atoms with Crippen molar-refractivity contribution in [1.29, 1.82) is 0 Å². The van der Waals surface area contributed by atoms with Crippen LogP contribution in [0.5, 0.6) is 0 Å². The van der Waals surface area contributed by atoms with Crippen molar-refractivity contribution in [3.63, 3.8) is 0 Å². The highest BCUT2D eigenvalue weighted by molar-refractivity contribution is 9.10. The maximum atomic E-state index is 13.0. The second-order valence-corrected chi connectivity index (χ2v) is 7.86. The number of fused-ring (bicyclic) bond motifs is 2. The molecule has 1 aliphatic heterocycles. The third-order valence-electron chi connectivity index (χ3n) is 5.26. The molecule has 1 aliphatic carbocycles. The second kappa shape index (κ2) is 6.56. The molecular formula is C18H18BrN7O. The van der Waals surface area contributed by atoms with Crippen molar-refractivity contribution < 1.29 is 4.79 Å². The smallest absolute Gasteiger partial charge is 0.275 e. The summed E-state index contributed by atoms with van der Waals surface area (Å²) in [7, 11) is 0. The summed E-state index contributed by atoms with van der Waals surface area (Å²) in [6.45, 7) is 1.71. The summed E-state index contributed by atoms with van der Waals surface area (Å²) < 4.78 is 2.96. The highest BCUT2D eigenvalue weighted by atomic mass is 79.9. The third-order valence-corrected chi connectivity index (χ3v) is 5.70. The van der Waals surface area contributed by atoms with Gasteiger partial charge in [-0.3, -0.25) is 14.9 Å². The molecule has 27 heavy (non-hydrogen) atoms. The fourth-order valence-corrected chi connectivity index (χ4v) is 4.25. The molecule has 1 amide bonds. The van der Waals surface area contributed by atoms with Crippen molar-refractivity contribution in [3.05, 3.63) is 45.7 Å². The lowest BCUT2D eigenvalue weighted by Crippen LogP contribution is -2.39. The van der Waals surface area contributed by atoms with Crippen LogP contribution in [0.25, 0.3) is 11.4 Å². The number of amides is 1. The van der Waals surface area contributed by atoms with Crippen LogP contribution in [0.1, 0.15) is 40.4 Å². The summed E-state index contributed by atoms with van der Waals surface area (Å²) in [6, 6.07) is 1.97. The molecule has 5 rings (SSSR count). The molecule has 0 fully saturated rings. The zero-order valence-corrected chi connectivity index (χ0v) is 16.2. The molecule has 9 heteroatoms. The van der Waals surface area contributed by atoms with Crippen molar-refractivity contribution in [1.82, 2.24) is 34.8 Å². The highest BCUT2D eigenvalue weighted by Gasteiger charge is 2.30. The van der Waals surface area contributed by atoms with Crippen LogP contribution < -0.4 is 0 Å². The molecule has 3 aromatic rings. The fourth-order valence-electron chi connectivity index (χ4n) is 3.89. The van der Waals surface area contributed by atoms with E-state index >= 15 is 0 Å². The minimum Gasteiger partial charge on any atom is -0.328 e. The number of hydrogen-bond donors (Lipinski definition) is 1. The summed E-state index contributed by atoms with van der Waals surface area (Å²) >= 11 is 3.44. The number of nitrogens with one attached hydrogen (secondary N) is 1. The zero-order valence-electron chi connectivity index (χ0n) is 14.7. The Balaban J connectivity index is 1.41. The number of carbonyl (C=O) groups is 1. The van der Waals surface area contributed by atoms with Crippen LogP contribution in [0.3, 0.4) is 0 Å². The Morgan fingerprint density at radius 1 is 1.15 bits per heavy atom. The molecule has 1 N–H and O–H groups in total. The Morgan fingerprint density at radius 3 is 2.93 bits per heavy atom. The average molecular weight is 428 g/mol. The summed E-state index contributed by atoms with van der Waals surface area (Å²) in [4.78, 5) is 19.1. The number of aromatic amines is 1. The van der Waals surface area contributed by atoms with E-state index in [0.717, 1.165) is 58.6 Å². The molecule has 8 nitrogen and oxygen atoms in total. The predicted octanol–water partition coefficient (Wildman–Crippen LogP) is 2.36. The lowest BCUT2D eigenvalue weighted by molar-refractivity contribution is 0.0700. The number of halogens is 1. The molecule has 0 saturated heterocycles. The molecule has 3 aromatic heterocycles. The quantitative estimate of drug-likeness (QED) is 0.677. The molecule has 138 valence electrons. The number of carbonyl (C=O) groups excluding carboxylic acids is 1. The topological polar surface area (TPSA) is 92.6 Å². The van der Waals surface area contributed by atoms with Gasteiger partial charge in [-0.15, -0.1) is 10.2 Å². The van der Waals surface area contributed by atoms with Crippen molar-refractivity contribution in [2.75, 3.05) is 6.54 Å². The summed E-state index contributed by atoms with van der Waals surface area (Å²) in [5.41, 5.74) is 3.70. The Kier molecular flexibility index (Phi) is 4.04. The largest absolute Gasteiger partial charge is 0.328 e. The number of nitrogens with zero attached hydrogens (tertiary/aromatic N) is 6. The van der Waals surface area contributed by atoms with Crippen LogP contribution in [-0.2, 0) is 25.9 Å². The maximum Gasteiger partial charge on any atom is 0.275 e. The van der Waals surface area contributed by atoms with E-state index in [1.807, 2.05) is 11.0 Å². The minimum atomic E-state index is -0.0191. The Hall–Kier alpha value is -2.55. The van der Waals surface area contributed by atoms with Crippen LogP contribution in [0.2, 0.25) is 0 Å². The minimum absolute atomic E-state index is 0.0191. The number of pyridine rings is 1. The summed E-state index contributed by atoms with van der Waals surface area (Å²) in [5, 5.41) is 16.0. The first-order chi connectivity index (χ1) is 13.2. The first kappa shape index (κ1) is 16.6. The standard InChI is InChI=1S/C18H18BrN7O/c19-12-7-11(8-20-9-12)17-24-22-15-10-25(5-6-26(15)17)18(27)16-13-3-1-2-4-14(13)21-23-16/h7-9H,1-6,10H2,(H,21,23). The lowest BCUT2D eigenvalue weighted by atomic mass is 9.95. The third kappa shape index (κ3) is 2.86. The van der Waals surface area contributed by atoms with Crippen molar-refractivity contribution in [3.8, 4) is 11.4 Å². The van der Waals surface area contributed by atoms with Gasteiger partial charge < -0.3 is 9.47 Å². The van der Waals surface area contributed by atoms with Crippen molar-refractivity contribution in [2.45, 2.75) is 38.8 Å². The monoisotopic (exact) mass is 427 g/mol. The maximum absolute atomic E-state index is 13.0. The normalized spacial score (nSPS) is 16.1. The van der Waals surface area contributed by atoms with Gasteiger partial charge in [-0.05, 0) is 47.7 Å². The van der Waals surface area contributed by atoms with Crippen LogP contribution in [0.4, 0.5) is 0 Å². The molecule has 0 unspecified atom stereocenters. The van der Waals surface area contributed by atoms with Crippen molar-refractivity contribution >= 4 is 21.8 Å². The van der Waals surface area contributed by atoms with Crippen LogP contribution in [0, 0.1) is 0 Å². The molecule has 0 saturated carbocycles. The predicted molar refractivity (Wildman–Crippen MR) is 101 cm³/mol. The van der Waals surface area contributed by atoms with Gasteiger partial charge in [0.25, 0.3) is 5.91 Å². The molecule has 0 spiro atoms. The van der Waals surface area contributed by atoms with Gasteiger partial charge in [-0.2, -0.15) is 5.10 Å². The first-order valence-corrected chi connectivity index (χ1v) is 9.88. The second-order valence-electron chi connectivity index (χ2n) is 6.95. The van der Waals surface area contributed by atoms with Crippen molar-refractivity contribution in [2.24, 2.45) is 0 Å². The summed E-state index contributed by atoms with van der Waals surface area (Å²) in [5.74, 6) is 1.55.